The molecule has 53 heavy (non-hydrogen) atoms. The number of fused-ring (bicyclic) bond motifs is 4. The van der Waals surface area contributed by atoms with Crippen molar-refractivity contribution < 1.29 is 41.5 Å². The molecule has 3 amide bonds. The minimum absolute atomic E-state index is 0.147. The quantitative estimate of drug-likeness (QED) is 0.295. The van der Waals surface area contributed by atoms with E-state index in [-0.39, 0.29) is 34.7 Å². The highest BCUT2D eigenvalue weighted by Crippen LogP contribution is 2.48. The number of rotatable bonds is 3. The van der Waals surface area contributed by atoms with Crippen molar-refractivity contribution >= 4 is 39.1 Å². The second-order valence-corrected chi connectivity index (χ2v) is 18.1. The first-order valence-corrected chi connectivity index (χ1v) is 20.3. The number of ether oxygens (including phenoxy) is 2. The van der Waals surface area contributed by atoms with Crippen LogP contribution in [0.1, 0.15) is 73.4 Å². The fraction of sp³-hybridized carbons (Fsp3) is 0.579. The molecule has 7 rings (SSSR count). The van der Waals surface area contributed by atoms with Crippen molar-refractivity contribution in [3.63, 3.8) is 0 Å². The molecule has 0 saturated heterocycles. The van der Waals surface area contributed by atoms with Crippen molar-refractivity contribution in [2.24, 2.45) is 22.1 Å². The maximum atomic E-state index is 14.4. The van der Waals surface area contributed by atoms with Gasteiger partial charge in [0.2, 0.25) is 0 Å². The van der Waals surface area contributed by atoms with E-state index in [0.29, 0.717) is 42.8 Å². The number of nitrogens with zero attached hydrogens (tertiary/aromatic N) is 2. The van der Waals surface area contributed by atoms with Gasteiger partial charge in [0.1, 0.15) is 15.7 Å². The highest BCUT2D eigenvalue weighted by atomic mass is 35.5. The Morgan fingerprint density at radius 1 is 1.19 bits per heavy atom. The first kappa shape index (κ1) is 38.0. The average Bonchev–Trinajstić information content (AvgIpc) is 3.20. The first-order chi connectivity index (χ1) is 25.1. The van der Waals surface area contributed by atoms with E-state index in [4.69, 9.17) is 21.1 Å². The van der Waals surface area contributed by atoms with Crippen LogP contribution in [0, 0.1) is 17.8 Å². The highest BCUT2D eigenvalue weighted by Gasteiger charge is 2.61. The number of hydrogen-bond donors (Lipinski definition) is 3. The summed E-state index contributed by atoms with van der Waals surface area (Å²) in [5.74, 6) is -0.108. The normalized spacial score (nSPS) is 34.9. The molecule has 0 radical (unpaired) electrons. The van der Waals surface area contributed by atoms with E-state index in [1.807, 2.05) is 31.2 Å². The summed E-state index contributed by atoms with van der Waals surface area (Å²) in [6.07, 6.45) is 2.83. The zero-order chi connectivity index (χ0) is 37.8. The molecule has 15 heteroatoms. The number of nitrogens with one attached hydrogen (secondary N) is 2. The van der Waals surface area contributed by atoms with E-state index in [0.717, 1.165) is 37.8 Å². The molecule has 0 aromatic heterocycles. The van der Waals surface area contributed by atoms with Gasteiger partial charge in [-0.25, -0.2) is 9.00 Å². The van der Waals surface area contributed by atoms with Gasteiger partial charge >= 0.3 is 12.2 Å². The Kier molecular flexibility index (Phi) is 10.3. The van der Waals surface area contributed by atoms with Gasteiger partial charge in [-0.1, -0.05) is 36.7 Å². The Bertz CT molecular complexity index is 1910. The standard InChI is InChI=1S/C38H46ClF3N4O6S/c1-23-5-3-7-32(51-2)29-11-8-26(29)19-46-21-36(14-4-6-24-15-27(39)10-12-30(24)36)22-52-33-13-9-25(16-31(33)46)34(47)44-53(50,20-23)45-35(48)43-28-17-37(49,18-28)38(40,41)42/h3,7,9-10,12-13,15-16,23,26,28-29,32,49H,4-6,8,11,14,17-22H2,1-2H3,(H2,43,44,45,47,48,50)/b7-3-/t23-,26-,28?,29+,32-,36-,37?,53?/m0/s1. The minimum Gasteiger partial charge on any atom is -0.490 e. The molecule has 5 aliphatic rings. The molecule has 10 nitrogen and oxygen atoms in total. The van der Waals surface area contributed by atoms with Crippen LogP contribution in [0.2, 0.25) is 5.02 Å². The summed E-state index contributed by atoms with van der Waals surface area (Å²) in [7, 11) is -2.07. The van der Waals surface area contributed by atoms with Crippen LogP contribution < -0.4 is 19.7 Å². The number of allylic oxidation sites excluding steroid dienone is 1. The molecule has 2 saturated carbocycles. The molecular formula is C38H46ClF3N4O6S. The number of urea groups is 1. The first-order valence-electron chi connectivity index (χ1n) is 18.3. The number of methoxy groups -OCH3 is 1. The Morgan fingerprint density at radius 3 is 2.70 bits per heavy atom. The number of anilines is 1. The monoisotopic (exact) mass is 778 g/mol. The van der Waals surface area contributed by atoms with E-state index >= 15 is 0 Å². The van der Waals surface area contributed by atoms with Crippen molar-refractivity contribution in [1.82, 2.24) is 10.0 Å². The SMILES string of the molecule is CO[C@H]1/C=C\C[C@H](C)CS(=O)(NC(=O)NC2CC(O)(C(F)(F)F)C2)=NC(=O)c2ccc3c(c2)N(C[C@@H]2CC[C@H]21)C[C@@]1(CCCc2cc(Cl)ccc21)CO3. The minimum atomic E-state index is -4.84. The third-order valence-electron chi connectivity index (χ3n) is 11.8. The number of carbonyl (C=O) groups excluding carboxylic acids is 2. The number of hydrogen-bond acceptors (Lipinski definition) is 7. The fourth-order valence-corrected chi connectivity index (χ4v) is 10.8. The van der Waals surface area contributed by atoms with Crippen LogP contribution in [0.15, 0.2) is 52.9 Å². The number of alkyl halides is 3. The van der Waals surface area contributed by atoms with E-state index in [1.165, 1.54) is 11.1 Å². The Labute approximate surface area is 313 Å². The van der Waals surface area contributed by atoms with Gasteiger partial charge in [0.05, 0.1) is 24.2 Å². The lowest BCUT2D eigenvalue weighted by molar-refractivity contribution is -0.291. The number of amides is 3. The van der Waals surface area contributed by atoms with Gasteiger partial charge in [-0.15, -0.1) is 4.36 Å². The number of carbonyl (C=O) groups is 2. The van der Waals surface area contributed by atoms with E-state index < -0.39 is 52.5 Å². The summed E-state index contributed by atoms with van der Waals surface area (Å²) in [5, 5.41) is 12.9. The van der Waals surface area contributed by atoms with Gasteiger partial charge in [-0.05, 0) is 97.7 Å². The lowest BCUT2D eigenvalue weighted by Crippen LogP contribution is -2.63. The molecule has 2 aromatic carbocycles. The third-order valence-corrected chi connectivity index (χ3v) is 14.0. The molecule has 288 valence electrons. The zero-order valence-electron chi connectivity index (χ0n) is 29.8. The van der Waals surface area contributed by atoms with Gasteiger partial charge < -0.3 is 24.8 Å². The fourth-order valence-electron chi connectivity index (χ4n) is 8.82. The molecule has 6 atom stereocenters. The van der Waals surface area contributed by atoms with Crippen LogP contribution in [-0.4, -0.2) is 77.7 Å². The molecule has 2 aromatic rings. The number of aliphatic hydroxyl groups is 1. The Hall–Kier alpha value is -3.33. The zero-order valence-corrected chi connectivity index (χ0v) is 31.4. The van der Waals surface area contributed by atoms with Crippen molar-refractivity contribution in [2.75, 3.05) is 37.5 Å². The van der Waals surface area contributed by atoms with Crippen LogP contribution in [0.3, 0.4) is 0 Å². The lowest BCUT2D eigenvalue weighted by atomic mass is 9.68. The maximum absolute atomic E-state index is 14.4. The summed E-state index contributed by atoms with van der Waals surface area (Å²) in [4.78, 5) is 29.2. The van der Waals surface area contributed by atoms with Gasteiger partial charge in [0.25, 0.3) is 5.91 Å². The summed E-state index contributed by atoms with van der Waals surface area (Å²) in [6.45, 7) is 3.60. The Balaban J connectivity index is 1.23. The van der Waals surface area contributed by atoms with Crippen molar-refractivity contribution in [2.45, 2.75) is 87.6 Å². The van der Waals surface area contributed by atoms with Gasteiger partial charge in [-0.2, -0.15) is 13.2 Å². The molecule has 2 heterocycles. The second kappa shape index (κ2) is 14.4. The molecule has 1 unspecified atom stereocenters. The summed E-state index contributed by atoms with van der Waals surface area (Å²) in [5.41, 5.74) is 0.0797. The van der Waals surface area contributed by atoms with Crippen molar-refractivity contribution in [3.8, 4) is 5.75 Å². The Morgan fingerprint density at radius 2 is 1.98 bits per heavy atom. The van der Waals surface area contributed by atoms with Crippen LogP contribution in [0.5, 0.6) is 5.75 Å². The van der Waals surface area contributed by atoms with Crippen LogP contribution in [-0.2, 0) is 26.5 Å². The molecule has 2 bridgehead atoms. The maximum Gasteiger partial charge on any atom is 0.417 e. The third kappa shape index (κ3) is 7.66. The topological polar surface area (TPSA) is 130 Å². The van der Waals surface area contributed by atoms with E-state index in [9.17, 15) is 32.1 Å². The number of halogens is 4. The predicted octanol–water partition coefficient (Wildman–Crippen LogP) is 6.73. The number of aryl methyl sites for hydroxylation is 1. The van der Waals surface area contributed by atoms with Gasteiger partial charge in [-0.3, -0.25) is 9.52 Å². The molecule has 1 spiro atoms. The predicted molar refractivity (Wildman–Crippen MR) is 196 cm³/mol. The number of benzene rings is 2. The smallest absolute Gasteiger partial charge is 0.417 e. The van der Waals surface area contributed by atoms with E-state index in [2.05, 4.69) is 25.4 Å². The van der Waals surface area contributed by atoms with E-state index in [1.54, 1.807) is 25.3 Å². The van der Waals surface area contributed by atoms with Gasteiger partial charge in [0.15, 0.2) is 5.60 Å². The van der Waals surface area contributed by atoms with Crippen LogP contribution in [0.25, 0.3) is 0 Å². The molecular weight excluding hydrogens is 733 g/mol. The highest BCUT2D eigenvalue weighted by molar-refractivity contribution is 7.92. The van der Waals surface area contributed by atoms with Gasteiger partial charge in [0, 0.05) is 55.1 Å². The summed E-state index contributed by atoms with van der Waals surface area (Å²) in [6, 6.07) is 9.08. The molecule has 3 aliphatic carbocycles. The van der Waals surface area contributed by atoms with Crippen molar-refractivity contribution in [1.29, 1.82) is 0 Å². The summed E-state index contributed by atoms with van der Waals surface area (Å²) < 4.78 is 72.9. The molecule has 3 N–H and O–H groups in total. The molecule has 2 fully saturated rings. The lowest BCUT2D eigenvalue weighted by Gasteiger charge is -2.46. The second-order valence-electron chi connectivity index (χ2n) is 15.7. The summed E-state index contributed by atoms with van der Waals surface area (Å²) >= 11 is 6.42. The molecule has 2 aliphatic heterocycles. The van der Waals surface area contributed by atoms with Crippen molar-refractivity contribution in [3.05, 3.63) is 70.3 Å². The van der Waals surface area contributed by atoms with Crippen LogP contribution in [0.4, 0.5) is 23.7 Å². The largest absolute Gasteiger partial charge is 0.490 e. The average molecular weight is 779 g/mol. The van der Waals surface area contributed by atoms with Crippen LogP contribution >= 0.6 is 11.6 Å².